The van der Waals surface area contributed by atoms with Crippen molar-refractivity contribution in [2.24, 2.45) is 0 Å². The molecule has 3 nitrogen and oxygen atoms in total. The number of amides is 1. The zero-order chi connectivity index (χ0) is 13.1. The van der Waals surface area contributed by atoms with Crippen molar-refractivity contribution >= 4 is 23.2 Å². The predicted octanol–water partition coefficient (Wildman–Crippen LogP) is 3.43. The highest BCUT2D eigenvalue weighted by atomic mass is 35.5. The highest BCUT2D eigenvalue weighted by molar-refractivity contribution is 6.35. The van der Waals surface area contributed by atoms with Gasteiger partial charge in [0.2, 0.25) is 5.95 Å². The van der Waals surface area contributed by atoms with Crippen LogP contribution in [-0.4, -0.2) is 10.9 Å². The third-order valence-electron chi connectivity index (χ3n) is 2.42. The van der Waals surface area contributed by atoms with Crippen LogP contribution < -0.4 is 5.32 Å². The molecule has 1 aromatic carbocycles. The Hall–Kier alpha value is -1.94. The van der Waals surface area contributed by atoms with E-state index in [1.807, 2.05) is 13.0 Å². The molecule has 92 valence electrons. The first-order chi connectivity index (χ1) is 8.58. The summed E-state index contributed by atoms with van der Waals surface area (Å²) in [5.41, 5.74) is 1.61. The SMILES string of the molecule is Cc1cccc(C(=O)Nc2ccc(F)nc2)c1Cl. The van der Waals surface area contributed by atoms with E-state index >= 15 is 0 Å². The first-order valence-corrected chi connectivity index (χ1v) is 5.64. The summed E-state index contributed by atoms with van der Waals surface area (Å²) >= 11 is 6.04. The molecule has 0 aliphatic rings. The van der Waals surface area contributed by atoms with Crippen molar-refractivity contribution in [2.45, 2.75) is 6.92 Å². The molecule has 2 rings (SSSR count). The van der Waals surface area contributed by atoms with Gasteiger partial charge in [0.15, 0.2) is 0 Å². The van der Waals surface area contributed by atoms with E-state index in [1.165, 1.54) is 18.3 Å². The fourth-order valence-electron chi connectivity index (χ4n) is 1.47. The Labute approximate surface area is 109 Å². The molecular formula is C13H10ClFN2O. The number of hydrogen-bond donors (Lipinski definition) is 1. The lowest BCUT2D eigenvalue weighted by Crippen LogP contribution is -2.13. The predicted molar refractivity (Wildman–Crippen MR) is 68.3 cm³/mol. The molecule has 0 fully saturated rings. The summed E-state index contributed by atoms with van der Waals surface area (Å²) < 4.78 is 12.6. The van der Waals surface area contributed by atoms with Crippen LogP contribution in [0.4, 0.5) is 10.1 Å². The topological polar surface area (TPSA) is 42.0 Å². The fourth-order valence-corrected chi connectivity index (χ4v) is 1.68. The lowest BCUT2D eigenvalue weighted by atomic mass is 10.1. The molecule has 1 amide bonds. The Bertz CT molecular complexity index is 584. The third-order valence-corrected chi connectivity index (χ3v) is 2.92. The number of pyridine rings is 1. The molecule has 0 radical (unpaired) electrons. The number of hydrogen-bond acceptors (Lipinski definition) is 2. The Morgan fingerprint density at radius 2 is 2.11 bits per heavy atom. The summed E-state index contributed by atoms with van der Waals surface area (Å²) in [5, 5.41) is 3.01. The largest absolute Gasteiger partial charge is 0.321 e. The van der Waals surface area contributed by atoms with Crippen LogP contribution >= 0.6 is 11.6 Å². The van der Waals surface area contributed by atoms with Gasteiger partial charge in [-0.15, -0.1) is 0 Å². The maximum atomic E-state index is 12.6. The highest BCUT2D eigenvalue weighted by Gasteiger charge is 2.11. The number of carbonyl (C=O) groups excluding carboxylic acids is 1. The normalized spacial score (nSPS) is 10.2. The standard InChI is InChI=1S/C13H10ClFN2O/c1-8-3-2-4-10(12(8)14)13(18)17-9-5-6-11(15)16-7-9/h2-7H,1H3,(H,17,18). The van der Waals surface area contributed by atoms with E-state index in [0.29, 0.717) is 16.3 Å². The molecule has 1 heterocycles. The van der Waals surface area contributed by atoms with E-state index in [9.17, 15) is 9.18 Å². The van der Waals surface area contributed by atoms with Crippen molar-refractivity contribution in [3.05, 3.63) is 58.6 Å². The average Bonchev–Trinajstić information content (AvgIpc) is 2.35. The Balaban J connectivity index is 2.22. The second kappa shape index (κ2) is 5.14. The van der Waals surface area contributed by atoms with Crippen molar-refractivity contribution in [3.8, 4) is 0 Å². The maximum absolute atomic E-state index is 12.6. The smallest absolute Gasteiger partial charge is 0.257 e. The number of anilines is 1. The van der Waals surface area contributed by atoms with Crippen molar-refractivity contribution in [3.63, 3.8) is 0 Å². The van der Waals surface area contributed by atoms with Gasteiger partial charge < -0.3 is 5.32 Å². The van der Waals surface area contributed by atoms with Gasteiger partial charge in [-0.1, -0.05) is 23.7 Å². The van der Waals surface area contributed by atoms with Gasteiger partial charge in [0.05, 0.1) is 22.5 Å². The number of nitrogens with one attached hydrogen (secondary N) is 1. The van der Waals surface area contributed by atoms with Gasteiger partial charge in [-0.05, 0) is 30.7 Å². The van der Waals surface area contributed by atoms with Crippen molar-refractivity contribution in [2.75, 3.05) is 5.32 Å². The van der Waals surface area contributed by atoms with Crippen LogP contribution in [0.25, 0.3) is 0 Å². The minimum Gasteiger partial charge on any atom is -0.321 e. The molecular weight excluding hydrogens is 255 g/mol. The Morgan fingerprint density at radius 3 is 2.78 bits per heavy atom. The van der Waals surface area contributed by atoms with Gasteiger partial charge in [-0.3, -0.25) is 4.79 Å². The minimum atomic E-state index is -0.596. The van der Waals surface area contributed by atoms with Crippen molar-refractivity contribution in [1.29, 1.82) is 0 Å². The van der Waals surface area contributed by atoms with E-state index in [4.69, 9.17) is 11.6 Å². The third kappa shape index (κ3) is 2.65. The second-order valence-corrected chi connectivity index (χ2v) is 4.14. The van der Waals surface area contributed by atoms with Crippen LogP contribution in [0, 0.1) is 12.9 Å². The monoisotopic (exact) mass is 264 g/mol. The fraction of sp³-hybridized carbons (Fsp3) is 0.0769. The number of rotatable bonds is 2. The zero-order valence-corrected chi connectivity index (χ0v) is 10.3. The van der Waals surface area contributed by atoms with Crippen LogP contribution in [-0.2, 0) is 0 Å². The number of carbonyl (C=O) groups is 1. The van der Waals surface area contributed by atoms with Gasteiger partial charge in [0, 0.05) is 0 Å². The molecule has 0 bridgehead atoms. The molecule has 1 N–H and O–H groups in total. The summed E-state index contributed by atoms with van der Waals surface area (Å²) in [7, 11) is 0. The highest BCUT2D eigenvalue weighted by Crippen LogP contribution is 2.21. The van der Waals surface area contributed by atoms with E-state index in [0.717, 1.165) is 5.56 Å². The van der Waals surface area contributed by atoms with E-state index in [1.54, 1.807) is 12.1 Å². The number of nitrogens with zero attached hydrogens (tertiary/aromatic N) is 1. The Morgan fingerprint density at radius 1 is 1.33 bits per heavy atom. The van der Waals surface area contributed by atoms with Gasteiger partial charge >= 0.3 is 0 Å². The first-order valence-electron chi connectivity index (χ1n) is 5.26. The van der Waals surface area contributed by atoms with E-state index in [-0.39, 0.29) is 5.91 Å². The van der Waals surface area contributed by atoms with Gasteiger partial charge in [0.1, 0.15) is 0 Å². The number of aryl methyl sites for hydroxylation is 1. The van der Waals surface area contributed by atoms with Crippen LogP contribution in [0.2, 0.25) is 5.02 Å². The van der Waals surface area contributed by atoms with Crippen LogP contribution in [0.5, 0.6) is 0 Å². The molecule has 0 unspecified atom stereocenters. The maximum Gasteiger partial charge on any atom is 0.257 e. The summed E-state index contributed by atoms with van der Waals surface area (Å²) in [6.07, 6.45) is 1.25. The van der Waals surface area contributed by atoms with Crippen molar-refractivity contribution in [1.82, 2.24) is 4.98 Å². The summed E-state index contributed by atoms with van der Waals surface area (Å²) in [6, 6.07) is 7.80. The molecule has 0 spiro atoms. The van der Waals surface area contributed by atoms with Crippen molar-refractivity contribution < 1.29 is 9.18 Å². The average molecular weight is 265 g/mol. The molecule has 0 aliphatic heterocycles. The molecule has 5 heteroatoms. The lowest BCUT2D eigenvalue weighted by Gasteiger charge is -2.07. The second-order valence-electron chi connectivity index (χ2n) is 3.76. The van der Waals surface area contributed by atoms with E-state index in [2.05, 4.69) is 10.3 Å². The molecule has 0 atom stereocenters. The van der Waals surface area contributed by atoms with Crippen LogP contribution in [0.15, 0.2) is 36.5 Å². The zero-order valence-electron chi connectivity index (χ0n) is 9.58. The Kier molecular flexibility index (Phi) is 3.58. The van der Waals surface area contributed by atoms with Gasteiger partial charge in [-0.2, -0.15) is 4.39 Å². The minimum absolute atomic E-state index is 0.350. The first kappa shape index (κ1) is 12.5. The number of benzene rings is 1. The van der Waals surface area contributed by atoms with Gasteiger partial charge in [-0.25, -0.2) is 4.98 Å². The molecule has 2 aromatic rings. The number of aromatic nitrogens is 1. The molecule has 0 saturated carbocycles. The van der Waals surface area contributed by atoms with Crippen LogP contribution in [0.3, 0.4) is 0 Å². The molecule has 18 heavy (non-hydrogen) atoms. The quantitative estimate of drug-likeness (QED) is 0.845. The molecule has 1 aromatic heterocycles. The molecule has 0 saturated heterocycles. The number of halogens is 2. The van der Waals surface area contributed by atoms with Gasteiger partial charge in [0.25, 0.3) is 5.91 Å². The lowest BCUT2D eigenvalue weighted by molar-refractivity contribution is 0.102. The van der Waals surface area contributed by atoms with Crippen LogP contribution in [0.1, 0.15) is 15.9 Å². The summed E-state index contributed by atoms with van der Waals surface area (Å²) in [4.78, 5) is 15.4. The summed E-state index contributed by atoms with van der Waals surface area (Å²) in [6.45, 7) is 1.82. The van der Waals surface area contributed by atoms with E-state index < -0.39 is 5.95 Å². The summed E-state index contributed by atoms with van der Waals surface area (Å²) in [5.74, 6) is -0.946. The molecule has 0 aliphatic carbocycles.